The molecule has 15 nitrogen and oxygen atoms in total. The molecule has 2 heterocycles. The first-order chi connectivity index (χ1) is 47.3. The van der Waals surface area contributed by atoms with Gasteiger partial charge in [0, 0.05) is 66.4 Å². The normalized spacial score (nSPS) is 15.9. The van der Waals surface area contributed by atoms with Crippen LogP contribution >= 0.6 is 0 Å². The van der Waals surface area contributed by atoms with Crippen LogP contribution in [0.25, 0.3) is 56.0 Å². The molecule has 14 rings (SSSR count). The summed E-state index contributed by atoms with van der Waals surface area (Å²) >= 11 is 0. The Kier molecular flexibility index (Phi) is 17.3. The van der Waals surface area contributed by atoms with E-state index in [9.17, 15) is 19.2 Å². The van der Waals surface area contributed by atoms with E-state index in [0.29, 0.717) is 34.5 Å². The van der Waals surface area contributed by atoms with Crippen molar-refractivity contribution >= 4 is 57.6 Å². The summed E-state index contributed by atoms with van der Waals surface area (Å²) in [5, 5.41) is 3.65. The van der Waals surface area contributed by atoms with Gasteiger partial charge in [0.05, 0.1) is 67.3 Å². The minimum atomic E-state index is -1.07. The minimum Gasteiger partial charge on any atom is -0.497 e. The molecule has 0 fully saturated rings. The van der Waals surface area contributed by atoms with Crippen molar-refractivity contribution in [3.05, 3.63) is 262 Å². The average Bonchev–Trinajstić information content (AvgIpc) is 1.62. The van der Waals surface area contributed by atoms with E-state index >= 15 is 0 Å². The van der Waals surface area contributed by atoms with Gasteiger partial charge in [-0.05, 0) is 108 Å². The van der Waals surface area contributed by atoms with Crippen LogP contribution in [0.5, 0.6) is 34.5 Å². The standard InChI is InChI=1S/C82H70O15/c1-49(92-69(83)39-41-71(85)94-79-65-21-13-9-17-61(65)73-59-15-7-11-19-63(59)77-67(75(73)79)43-45-81(96-77,51-23-31-55(87-3)32-24-51)52-25-33-56(88-4)34-26-52)47-91-48-50(2)93-70(84)40-42-72(86)95-80-66-22-14-10-18-62(66)74-60-16-8-12-20-64(60)78-68(76(74)80)44-46-82(97-78,53-27-35-57(89-5)36-28-53)54-29-37-58(90-6)38-30-54/h7-38,43-46,49-50,79-80H,39-42,47-48H2,1-6H3. The van der Waals surface area contributed by atoms with Crippen molar-refractivity contribution in [1.29, 1.82) is 0 Å². The Morgan fingerprint density at radius 1 is 0.392 bits per heavy atom. The van der Waals surface area contributed by atoms with Gasteiger partial charge in [-0.2, -0.15) is 0 Å². The number of rotatable bonds is 22. The monoisotopic (exact) mass is 1290 g/mol. The first-order valence-corrected chi connectivity index (χ1v) is 32.4. The molecule has 0 radical (unpaired) electrons. The van der Waals surface area contributed by atoms with Crippen LogP contribution in [0.1, 0.15) is 107 Å². The highest BCUT2D eigenvalue weighted by Crippen LogP contribution is 2.59. The molecule has 0 amide bonds. The second-order valence-electron chi connectivity index (χ2n) is 24.5. The van der Waals surface area contributed by atoms with Crippen LogP contribution in [0.15, 0.2) is 206 Å². The van der Waals surface area contributed by atoms with Gasteiger partial charge in [0.2, 0.25) is 0 Å². The van der Waals surface area contributed by atoms with Gasteiger partial charge in [-0.25, -0.2) is 0 Å². The quantitative estimate of drug-likeness (QED) is 0.0463. The molecule has 97 heavy (non-hydrogen) atoms. The molecule has 4 aliphatic rings. The van der Waals surface area contributed by atoms with Gasteiger partial charge in [-0.15, -0.1) is 0 Å². The molecule has 15 heteroatoms. The Morgan fingerprint density at radius 3 is 1.04 bits per heavy atom. The number of hydrogen-bond acceptors (Lipinski definition) is 15. The number of methoxy groups -OCH3 is 4. The molecule has 0 N–H and O–H groups in total. The van der Waals surface area contributed by atoms with Crippen molar-refractivity contribution in [2.75, 3.05) is 41.7 Å². The molecule has 0 spiro atoms. The van der Waals surface area contributed by atoms with Gasteiger partial charge in [-0.3, -0.25) is 19.2 Å². The van der Waals surface area contributed by atoms with Crippen LogP contribution in [0.4, 0.5) is 0 Å². The number of carbonyl (C=O) groups excluding carboxylic acids is 4. The topological polar surface area (TPSA) is 170 Å². The van der Waals surface area contributed by atoms with Gasteiger partial charge in [-0.1, -0.05) is 158 Å². The van der Waals surface area contributed by atoms with Crippen molar-refractivity contribution in [2.24, 2.45) is 0 Å². The van der Waals surface area contributed by atoms with Gasteiger partial charge in [0.1, 0.15) is 46.7 Å². The summed E-state index contributed by atoms with van der Waals surface area (Å²) in [6, 6.07) is 63.2. The Morgan fingerprint density at radius 2 is 0.701 bits per heavy atom. The summed E-state index contributed by atoms with van der Waals surface area (Å²) in [7, 11) is 6.53. The van der Waals surface area contributed by atoms with Gasteiger partial charge in [0.15, 0.2) is 23.4 Å². The molecule has 4 atom stereocenters. The lowest BCUT2D eigenvalue weighted by Gasteiger charge is -2.37. The summed E-state index contributed by atoms with van der Waals surface area (Å²) in [5.41, 5.74) is 9.85. The highest BCUT2D eigenvalue weighted by Gasteiger charge is 2.45. The molecule has 0 saturated heterocycles. The summed E-state index contributed by atoms with van der Waals surface area (Å²) in [6.07, 6.45) is 4.20. The summed E-state index contributed by atoms with van der Waals surface area (Å²) in [6.45, 7) is 3.32. The SMILES string of the molecule is COc1ccc(C2(c3ccc(OC)cc3)C=Cc3c4c(c5ccccc5c3O2)-c2ccccc2C4OC(=O)CCC(=O)OC(C)COCC(C)OC(=O)CCC(=O)OC2c3ccccc3-c3c2c2c(c4ccccc34)OC(c3ccc(OC)cc3)(c3ccc(OC)cc3)C=C2)cc1. The van der Waals surface area contributed by atoms with Gasteiger partial charge in [0.25, 0.3) is 0 Å². The molecule has 10 aromatic carbocycles. The van der Waals surface area contributed by atoms with Crippen LogP contribution in [0.3, 0.4) is 0 Å². The molecule has 0 bridgehead atoms. The number of hydrogen-bond donors (Lipinski definition) is 0. The zero-order valence-electron chi connectivity index (χ0n) is 54.5. The molecule has 4 unspecified atom stereocenters. The lowest BCUT2D eigenvalue weighted by Crippen LogP contribution is -2.34. The third kappa shape index (κ3) is 11.7. The lowest BCUT2D eigenvalue weighted by atomic mass is 9.81. The smallest absolute Gasteiger partial charge is 0.307 e. The van der Waals surface area contributed by atoms with E-state index in [1.54, 1.807) is 42.3 Å². The maximum Gasteiger partial charge on any atom is 0.307 e. The zero-order chi connectivity index (χ0) is 67.0. The van der Waals surface area contributed by atoms with Crippen molar-refractivity contribution in [3.63, 3.8) is 0 Å². The summed E-state index contributed by atoms with van der Waals surface area (Å²) in [4.78, 5) is 54.7. The molecular weight excluding hydrogens is 1220 g/mol. The number of fused-ring (bicyclic) bond motifs is 16. The number of ether oxygens (including phenoxy) is 11. The third-order valence-electron chi connectivity index (χ3n) is 18.5. The molecule has 0 aromatic heterocycles. The van der Waals surface area contributed by atoms with Crippen molar-refractivity contribution in [3.8, 4) is 56.8 Å². The van der Waals surface area contributed by atoms with Crippen molar-refractivity contribution in [2.45, 2.75) is 75.1 Å². The van der Waals surface area contributed by atoms with Gasteiger partial charge >= 0.3 is 23.9 Å². The summed E-state index contributed by atoms with van der Waals surface area (Å²) < 4.78 is 66.9. The molecular formula is C82H70O15. The van der Waals surface area contributed by atoms with E-state index in [1.165, 1.54) is 0 Å². The Labute approximate surface area is 561 Å². The largest absolute Gasteiger partial charge is 0.497 e. The van der Waals surface area contributed by atoms with Crippen molar-refractivity contribution in [1.82, 2.24) is 0 Å². The fourth-order valence-electron chi connectivity index (χ4n) is 14.0. The van der Waals surface area contributed by atoms with Gasteiger partial charge < -0.3 is 52.1 Å². The van der Waals surface area contributed by atoms with Crippen molar-refractivity contribution < 1.29 is 71.3 Å². The second-order valence-corrected chi connectivity index (χ2v) is 24.5. The van der Waals surface area contributed by atoms with E-state index in [0.717, 1.165) is 99.4 Å². The van der Waals surface area contributed by atoms with Crippen LogP contribution in [0.2, 0.25) is 0 Å². The maximum atomic E-state index is 14.0. The molecule has 488 valence electrons. The second kappa shape index (κ2) is 26.6. The lowest BCUT2D eigenvalue weighted by molar-refractivity contribution is -0.159. The van der Waals surface area contributed by atoms with Crippen LogP contribution in [-0.2, 0) is 54.1 Å². The van der Waals surface area contributed by atoms with E-state index in [1.807, 2.05) is 194 Å². The number of benzene rings is 10. The minimum absolute atomic E-state index is 0.0135. The molecule has 2 aliphatic heterocycles. The predicted octanol–water partition coefficient (Wildman–Crippen LogP) is 16.1. The van der Waals surface area contributed by atoms with E-state index < -0.39 is 59.5 Å². The van der Waals surface area contributed by atoms with E-state index in [2.05, 4.69) is 24.3 Å². The van der Waals surface area contributed by atoms with Crippen LogP contribution in [0, 0.1) is 0 Å². The first kappa shape index (κ1) is 63.2. The fraction of sp³-hybridized carbons (Fsp3) is 0.220. The Hall–Kier alpha value is -11.2. The third-order valence-corrected chi connectivity index (χ3v) is 18.5. The first-order valence-electron chi connectivity index (χ1n) is 32.4. The predicted molar refractivity (Wildman–Crippen MR) is 368 cm³/mol. The summed E-state index contributed by atoms with van der Waals surface area (Å²) in [5.74, 6) is 1.70. The molecule has 0 saturated carbocycles. The Bertz CT molecular complexity index is 4350. The maximum absolute atomic E-state index is 14.0. The average molecular weight is 1300 g/mol. The number of esters is 4. The van der Waals surface area contributed by atoms with E-state index in [4.69, 9.17) is 52.1 Å². The molecule has 2 aliphatic carbocycles. The Balaban J connectivity index is 0.597. The van der Waals surface area contributed by atoms with Crippen LogP contribution in [-0.4, -0.2) is 77.7 Å². The van der Waals surface area contributed by atoms with E-state index in [-0.39, 0.29) is 38.9 Å². The van der Waals surface area contributed by atoms with Crippen LogP contribution < -0.4 is 28.4 Å². The highest BCUT2D eigenvalue weighted by atomic mass is 16.6. The highest BCUT2D eigenvalue weighted by molar-refractivity contribution is 6.09. The zero-order valence-corrected chi connectivity index (χ0v) is 54.5. The number of carbonyl (C=O) groups is 4. The molecule has 10 aromatic rings. The fourth-order valence-corrected chi connectivity index (χ4v) is 14.0.